The Kier molecular flexibility index (Phi) is 7.15. The topological polar surface area (TPSA) is 98.3 Å². The average molecular weight is 534 g/mol. The molecule has 2 aliphatic rings. The lowest BCUT2D eigenvalue weighted by Crippen LogP contribution is -2.56. The molecule has 3 aromatic rings. The van der Waals surface area contributed by atoms with E-state index in [1.165, 1.54) is 11.3 Å². The van der Waals surface area contributed by atoms with Crippen LogP contribution in [-0.2, 0) is 10.9 Å². The second-order valence-electron chi connectivity index (χ2n) is 9.35. The smallest absolute Gasteiger partial charge is 0.451 e. The van der Waals surface area contributed by atoms with E-state index in [0.29, 0.717) is 30.1 Å². The average Bonchev–Trinajstić information content (AvgIpc) is 3.29. The highest BCUT2D eigenvalue weighted by molar-refractivity contribution is 7.14. The van der Waals surface area contributed by atoms with Gasteiger partial charge in [0.05, 0.1) is 19.3 Å². The Balaban J connectivity index is 1.39. The van der Waals surface area contributed by atoms with Crippen molar-refractivity contribution in [3.8, 4) is 16.3 Å². The first-order chi connectivity index (χ1) is 17.7. The number of piperidine rings is 1. The second-order valence-corrected chi connectivity index (χ2v) is 10.6. The van der Waals surface area contributed by atoms with Crippen molar-refractivity contribution in [1.82, 2.24) is 25.6 Å². The molecule has 3 atom stereocenters. The molecule has 2 fully saturated rings. The molecule has 2 N–H and O–H groups in total. The molecular formula is C25H26F3N5O3S. The summed E-state index contributed by atoms with van der Waals surface area (Å²) in [6.07, 6.45) is -0.754. The molecule has 5 rings (SSSR count). The standard InChI is InChI=1S/C25H26F3N5O3S/c1-13-6-30-23(37-13)16-3-15(4-20(5-16)36-21-18-7-29-8-19(21)12-35-11-18)22(34)33-14(2)17-9-31-24(32-10-17)25(26,27)28/h3-6,9-10,14,18-19,21,29H,7-8,11-12H2,1-2H3,(H,33,34). The fraction of sp³-hybridized carbons (Fsp3) is 0.440. The van der Waals surface area contributed by atoms with Gasteiger partial charge < -0.3 is 20.1 Å². The molecule has 12 heteroatoms. The van der Waals surface area contributed by atoms with Crippen LogP contribution in [0.2, 0.25) is 0 Å². The third-order valence-corrected chi connectivity index (χ3v) is 7.45. The van der Waals surface area contributed by atoms with Gasteiger partial charge in [-0.25, -0.2) is 15.0 Å². The van der Waals surface area contributed by atoms with Gasteiger partial charge in [0.2, 0.25) is 5.82 Å². The van der Waals surface area contributed by atoms with E-state index in [0.717, 1.165) is 40.9 Å². The Morgan fingerprint density at radius 1 is 1.14 bits per heavy atom. The van der Waals surface area contributed by atoms with E-state index in [1.807, 2.05) is 13.0 Å². The number of fused-ring (bicyclic) bond motifs is 2. The van der Waals surface area contributed by atoms with Crippen LogP contribution in [0.15, 0.2) is 36.8 Å². The zero-order chi connectivity index (χ0) is 26.2. The summed E-state index contributed by atoms with van der Waals surface area (Å²) < 4.78 is 50.5. The maximum Gasteiger partial charge on any atom is 0.451 e. The van der Waals surface area contributed by atoms with Crippen LogP contribution >= 0.6 is 11.3 Å². The van der Waals surface area contributed by atoms with Crippen LogP contribution in [0.3, 0.4) is 0 Å². The summed E-state index contributed by atoms with van der Waals surface area (Å²) in [5.74, 6) is -0.660. The van der Waals surface area contributed by atoms with Gasteiger partial charge >= 0.3 is 6.18 Å². The lowest BCUT2D eigenvalue weighted by atomic mass is 9.85. The summed E-state index contributed by atoms with van der Waals surface area (Å²) in [4.78, 5) is 25.5. The minimum absolute atomic E-state index is 0.0394. The van der Waals surface area contributed by atoms with Crippen LogP contribution in [0.25, 0.3) is 10.6 Å². The molecule has 2 bridgehead atoms. The number of carbonyl (C=O) groups is 1. The van der Waals surface area contributed by atoms with Crippen molar-refractivity contribution < 1.29 is 27.4 Å². The van der Waals surface area contributed by atoms with Gasteiger partial charge in [0.25, 0.3) is 5.91 Å². The molecule has 0 radical (unpaired) electrons. The minimum Gasteiger partial charge on any atom is -0.490 e. The van der Waals surface area contributed by atoms with E-state index in [1.54, 1.807) is 25.3 Å². The molecule has 196 valence electrons. The normalized spacial score (nSPS) is 22.4. The molecule has 8 nitrogen and oxygen atoms in total. The molecule has 0 saturated carbocycles. The number of nitrogens with one attached hydrogen (secondary N) is 2. The van der Waals surface area contributed by atoms with E-state index in [9.17, 15) is 18.0 Å². The van der Waals surface area contributed by atoms with Gasteiger partial charge in [-0.3, -0.25) is 4.79 Å². The number of thiazole rings is 1. The number of hydrogen-bond acceptors (Lipinski definition) is 8. The monoisotopic (exact) mass is 533 g/mol. The Morgan fingerprint density at radius 2 is 1.84 bits per heavy atom. The molecule has 3 unspecified atom stereocenters. The van der Waals surface area contributed by atoms with Gasteiger partial charge in [-0.15, -0.1) is 11.3 Å². The lowest BCUT2D eigenvalue weighted by molar-refractivity contribution is -0.145. The Labute approximate surface area is 215 Å². The zero-order valence-corrected chi connectivity index (χ0v) is 21.0. The number of alkyl halides is 3. The number of ether oxygens (including phenoxy) is 2. The summed E-state index contributed by atoms with van der Waals surface area (Å²) in [7, 11) is 0. The highest BCUT2D eigenvalue weighted by Gasteiger charge is 2.39. The Hall–Kier alpha value is -3.09. The number of carbonyl (C=O) groups excluding carboxylic acids is 1. The lowest BCUT2D eigenvalue weighted by Gasteiger charge is -2.42. The second kappa shape index (κ2) is 10.3. The van der Waals surface area contributed by atoms with Crippen LogP contribution < -0.4 is 15.4 Å². The van der Waals surface area contributed by atoms with Crippen molar-refractivity contribution in [3.63, 3.8) is 0 Å². The number of aromatic nitrogens is 3. The largest absolute Gasteiger partial charge is 0.490 e. The van der Waals surface area contributed by atoms with Crippen molar-refractivity contribution in [1.29, 1.82) is 0 Å². The predicted octanol–water partition coefficient (Wildman–Crippen LogP) is 4.03. The molecule has 1 aromatic carbocycles. The summed E-state index contributed by atoms with van der Waals surface area (Å²) in [5, 5.41) is 7.00. The fourth-order valence-electron chi connectivity index (χ4n) is 4.58. The molecule has 0 spiro atoms. The zero-order valence-electron chi connectivity index (χ0n) is 20.2. The molecule has 2 aromatic heterocycles. The van der Waals surface area contributed by atoms with Crippen LogP contribution in [0.5, 0.6) is 5.75 Å². The van der Waals surface area contributed by atoms with E-state index >= 15 is 0 Å². The first kappa shape index (κ1) is 25.6. The van der Waals surface area contributed by atoms with Crippen LogP contribution in [0.1, 0.15) is 39.6 Å². The number of benzene rings is 1. The van der Waals surface area contributed by atoms with E-state index < -0.39 is 23.9 Å². The Morgan fingerprint density at radius 3 is 2.46 bits per heavy atom. The number of halogens is 3. The first-order valence-corrected chi connectivity index (χ1v) is 12.7. The SMILES string of the molecule is Cc1cnc(-c2cc(OC3C4CNCC3COC4)cc(C(=O)NC(C)c3cnc(C(F)(F)F)nc3)c2)s1. The van der Waals surface area contributed by atoms with Gasteiger partial charge in [-0.1, -0.05) is 0 Å². The summed E-state index contributed by atoms with van der Waals surface area (Å²) in [6, 6.07) is 4.70. The molecule has 37 heavy (non-hydrogen) atoms. The fourth-order valence-corrected chi connectivity index (χ4v) is 5.33. The summed E-state index contributed by atoms with van der Waals surface area (Å²) >= 11 is 1.51. The Bertz CT molecular complexity index is 1250. The third-order valence-electron chi connectivity index (χ3n) is 6.49. The number of nitrogens with zero attached hydrogens (tertiary/aromatic N) is 3. The van der Waals surface area contributed by atoms with Crippen molar-refractivity contribution in [2.75, 3.05) is 26.3 Å². The molecular weight excluding hydrogens is 507 g/mol. The van der Waals surface area contributed by atoms with E-state index in [4.69, 9.17) is 9.47 Å². The van der Waals surface area contributed by atoms with Gasteiger partial charge in [0.1, 0.15) is 16.9 Å². The highest BCUT2D eigenvalue weighted by Crippen LogP contribution is 2.33. The molecule has 1 amide bonds. The van der Waals surface area contributed by atoms with Gasteiger partial charge in [0, 0.05) is 65.1 Å². The van der Waals surface area contributed by atoms with Crippen molar-refractivity contribution in [3.05, 3.63) is 58.6 Å². The van der Waals surface area contributed by atoms with Crippen molar-refractivity contribution in [2.45, 2.75) is 32.2 Å². The molecule has 2 saturated heterocycles. The number of hydrogen-bond donors (Lipinski definition) is 2. The van der Waals surface area contributed by atoms with Gasteiger partial charge in [0.15, 0.2) is 0 Å². The van der Waals surface area contributed by atoms with E-state index in [-0.39, 0.29) is 17.9 Å². The van der Waals surface area contributed by atoms with E-state index in [2.05, 4.69) is 25.6 Å². The molecule has 4 heterocycles. The number of amides is 1. The molecule has 0 aliphatic carbocycles. The van der Waals surface area contributed by atoms with Crippen LogP contribution in [0.4, 0.5) is 13.2 Å². The van der Waals surface area contributed by atoms with Crippen molar-refractivity contribution in [2.24, 2.45) is 11.8 Å². The molecule has 2 aliphatic heterocycles. The maximum absolute atomic E-state index is 13.2. The third kappa shape index (κ3) is 5.76. The minimum atomic E-state index is -4.63. The number of aryl methyl sites for hydroxylation is 1. The quantitative estimate of drug-likeness (QED) is 0.494. The highest BCUT2D eigenvalue weighted by atomic mass is 32.1. The summed E-state index contributed by atoms with van der Waals surface area (Å²) in [6.45, 7) is 6.43. The number of rotatable bonds is 6. The predicted molar refractivity (Wildman–Crippen MR) is 130 cm³/mol. The van der Waals surface area contributed by atoms with Crippen LogP contribution in [-0.4, -0.2) is 53.3 Å². The van der Waals surface area contributed by atoms with Gasteiger partial charge in [-0.2, -0.15) is 13.2 Å². The first-order valence-electron chi connectivity index (χ1n) is 11.9. The van der Waals surface area contributed by atoms with Crippen molar-refractivity contribution >= 4 is 17.2 Å². The van der Waals surface area contributed by atoms with Crippen LogP contribution in [0, 0.1) is 18.8 Å². The maximum atomic E-state index is 13.2. The summed E-state index contributed by atoms with van der Waals surface area (Å²) in [5.41, 5.74) is 1.46. The van der Waals surface area contributed by atoms with Gasteiger partial charge in [-0.05, 0) is 32.0 Å².